The van der Waals surface area contributed by atoms with E-state index in [1.807, 2.05) is 6.08 Å². The van der Waals surface area contributed by atoms with Crippen molar-refractivity contribution in [3.8, 4) is 0 Å². The summed E-state index contributed by atoms with van der Waals surface area (Å²) >= 11 is 0. The topological polar surface area (TPSA) is 83.8 Å². The zero-order valence-electron chi connectivity index (χ0n) is 27.4. The molecule has 3 aliphatic rings. The second-order valence-corrected chi connectivity index (χ2v) is 14.0. The molecule has 43 heavy (non-hydrogen) atoms. The molecule has 0 unspecified atom stereocenters. The third kappa shape index (κ3) is 14.4. The molecule has 0 aromatic carbocycles. The highest BCUT2D eigenvalue weighted by molar-refractivity contribution is 5.88. The highest BCUT2D eigenvalue weighted by atomic mass is 16.5. The molecule has 0 aromatic heterocycles. The Bertz CT molecular complexity index is 800. The van der Waals surface area contributed by atoms with Gasteiger partial charge in [-0.3, -0.25) is 0 Å². The van der Waals surface area contributed by atoms with E-state index in [9.17, 15) is 19.8 Å². The molecule has 246 valence electrons. The number of carbonyl (C=O) groups is 2. The third-order valence-corrected chi connectivity index (χ3v) is 10.6. The second-order valence-electron chi connectivity index (χ2n) is 14.0. The third-order valence-electron chi connectivity index (χ3n) is 10.6. The molecule has 0 aromatic rings. The summed E-state index contributed by atoms with van der Waals surface area (Å²) in [5, 5.41) is 20.7. The molecule has 3 fully saturated rings. The summed E-state index contributed by atoms with van der Waals surface area (Å²) in [7, 11) is 0. The zero-order valence-corrected chi connectivity index (χ0v) is 27.4. The summed E-state index contributed by atoms with van der Waals surface area (Å²) in [5.41, 5.74) is 1.90. The Labute approximate surface area is 263 Å². The number of hydrogen-bond acceptors (Lipinski definition) is 3. The molecule has 3 rings (SSSR count). The fourth-order valence-corrected chi connectivity index (χ4v) is 8.07. The van der Waals surface area contributed by atoms with Crippen molar-refractivity contribution in [3.05, 3.63) is 22.8 Å². The van der Waals surface area contributed by atoms with Crippen molar-refractivity contribution in [3.63, 3.8) is 0 Å². The molecule has 2 N–H and O–H groups in total. The minimum Gasteiger partial charge on any atom is -0.478 e. The standard InChI is InChI=1S/C38H64O5/c39-37(40)34(28-31-22-16-10-4-1-5-11-17-23-31)29-43-30-35(38(41)42)36(32-24-18-12-6-2-7-13-19-25-32)33-26-20-14-8-3-9-15-21-27-33/h28,31-33H,1-27,29-30H2,(H,39,40)(H,41,42)/b34-28-. The Balaban J connectivity index is 1.82. The zero-order chi connectivity index (χ0) is 30.5. The average molecular weight is 601 g/mol. The van der Waals surface area contributed by atoms with E-state index in [1.165, 1.54) is 128 Å². The number of rotatable bonds is 9. The van der Waals surface area contributed by atoms with Crippen LogP contribution < -0.4 is 0 Å². The first-order chi connectivity index (χ1) is 21.1. The highest BCUT2D eigenvalue weighted by Crippen LogP contribution is 2.39. The molecule has 0 heterocycles. The van der Waals surface area contributed by atoms with Crippen LogP contribution >= 0.6 is 0 Å². The van der Waals surface area contributed by atoms with Crippen molar-refractivity contribution in [1.82, 2.24) is 0 Å². The summed E-state index contributed by atoms with van der Waals surface area (Å²) in [5.74, 6) is -0.921. The number of ether oxygens (including phenoxy) is 1. The second kappa shape index (κ2) is 22.0. The molecular weight excluding hydrogens is 536 g/mol. The van der Waals surface area contributed by atoms with Gasteiger partial charge < -0.3 is 14.9 Å². The SMILES string of the molecule is O=C(O)C(COC/C(=C/C1CCCCCCCCC1)C(=O)O)=C(C1CCCCCCCCC1)C1CCCCCCCCC1. The number of carboxylic acids is 2. The van der Waals surface area contributed by atoms with Gasteiger partial charge in [-0.15, -0.1) is 0 Å². The summed E-state index contributed by atoms with van der Waals surface area (Å²) in [4.78, 5) is 25.2. The van der Waals surface area contributed by atoms with Crippen LogP contribution in [0.2, 0.25) is 0 Å². The maximum atomic E-state index is 13.0. The van der Waals surface area contributed by atoms with Crippen LogP contribution in [0.3, 0.4) is 0 Å². The van der Waals surface area contributed by atoms with Crippen molar-refractivity contribution in [2.75, 3.05) is 13.2 Å². The Kier molecular flexibility index (Phi) is 18.3. The molecular formula is C38H64O5. The maximum absolute atomic E-state index is 13.0. The van der Waals surface area contributed by atoms with E-state index in [0.717, 1.165) is 51.4 Å². The molecule has 0 bridgehead atoms. The van der Waals surface area contributed by atoms with E-state index in [-0.39, 0.29) is 19.1 Å². The van der Waals surface area contributed by atoms with Gasteiger partial charge in [0.2, 0.25) is 0 Å². The molecule has 0 spiro atoms. The van der Waals surface area contributed by atoms with Crippen molar-refractivity contribution in [2.24, 2.45) is 17.8 Å². The van der Waals surface area contributed by atoms with Gasteiger partial charge in [-0.25, -0.2) is 9.59 Å². The normalized spacial score (nSPS) is 22.7. The molecule has 0 atom stereocenters. The number of allylic oxidation sites excluding steroid dienone is 2. The van der Waals surface area contributed by atoms with E-state index in [1.54, 1.807) is 0 Å². The van der Waals surface area contributed by atoms with E-state index in [4.69, 9.17) is 4.74 Å². The van der Waals surface area contributed by atoms with Gasteiger partial charge in [-0.1, -0.05) is 146 Å². The van der Waals surface area contributed by atoms with Crippen molar-refractivity contribution >= 4 is 11.9 Å². The lowest BCUT2D eigenvalue weighted by Crippen LogP contribution is -2.23. The predicted molar refractivity (Wildman–Crippen MR) is 176 cm³/mol. The lowest BCUT2D eigenvalue weighted by Gasteiger charge is -2.31. The lowest BCUT2D eigenvalue weighted by molar-refractivity contribution is -0.133. The minimum atomic E-state index is -0.933. The quantitative estimate of drug-likeness (QED) is 0.257. The van der Waals surface area contributed by atoms with E-state index >= 15 is 0 Å². The van der Waals surface area contributed by atoms with Crippen LogP contribution in [0, 0.1) is 17.8 Å². The Morgan fingerprint density at radius 3 is 1.19 bits per heavy atom. The fourth-order valence-electron chi connectivity index (χ4n) is 8.07. The lowest BCUT2D eigenvalue weighted by atomic mass is 9.74. The molecule has 3 aliphatic carbocycles. The predicted octanol–water partition coefficient (Wildman–Crippen LogP) is 10.8. The van der Waals surface area contributed by atoms with Gasteiger partial charge in [0.1, 0.15) is 0 Å². The summed E-state index contributed by atoms with van der Waals surface area (Å²) in [6, 6.07) is 0. The molecule has 3 saturated carbocycles. The Morgan fingerprint density at radius 2 is 0.837 bits per heavy atom. The van der Waals surface area contributed by atoms with Crippen LogP contribution in [0.4, 0.5) is 0 Å². The summed E-state index contributed by atoms with van der Waals surface area (Å²) in [6.07, 6.45) is 34.3. The van der Waals surface area contributed by atoms with Gasteiger partial charge >= 0.3 is 11.9 Å². The number of aliphatic carboxylic acids is 2. The number of hydrogen-bond donors (Lipinski definition) is 2. The van der Waals surface area contributed by atoms with Gasteiger partial charge in [0, 0.05) is 0 Å². The smallest absolute Gasteiger partial charge is 0.333 e. The Hall–Kier alpha value is -1.62. The van der Waals surface area contributed by atoms with Crippen LogP contribution in [-0.2, 0) is 14.3 Å². The summed E-state index contributed by atoms with van der Waals surface area (Å²) < 4.78 is 6.10. The van der Waals surface area contributed by atoms with Gasteiger partial charge in [-0.2, -0.15) is 0 Å². The van der Waals surface area contributed by atoms with Crippen molar-refractivity contribution < 1.29 is 24.5 Å². The van der Waals surface area contributed by atoms with Crippen LogP contribution in [0.1, 0.15) is 173 Å². The van der Waals surface area contributed by atoms with Crippen LogP contribution in [0.15, 0.2) is 22.8 Å². The van der Waals surface area contributed by atoms with Crippen LogP contribution in [0.5, 0.6) is 0 Å². The largest absolute Gasteiger partial charge is 0.478 e. The fraction of sp³-hybridized carbons (Fsp3) is 0.842. The van der Waals surface area contributed by atoms with Gasteiger partial charge in [-0.05, 0) is 56.3 Å². The van der Waals surface area contributed by atoms with Crippen LogP contribution in [-0.4, -0.2) is 35.4 Å². The maximum Gasteiger partial charge on any atom is 0.333 e. The van der Waals surface area contributed by atoms with Gasteiger partial charge in [0.15, 0.2) is 0 Å². The van der Waals surface area contributed by atoms with Crippen molar-refractivity contribution in [1.29, 1.82) is 0 Å². The van der Waals surface area contributed by atoms with Crippen LogP contribution in [0.25, 0.3) is 0 Å². The van der Waals surface area contributed by atoms with Gasteiger partial charge in [0.25, 0.3) is 0 Å². The molecule has 0 amide bonds. The first-order valence-corrected chi connectivity index (χ1v) is 18.5. The minimum absolute atomic E-state index is 0.00690. The molecule has 5 nitrogen and oxygen atoms in total. The monoisotopic (exact) mass is 600 g/mol. The molecule has 5 heteroatoms. The highest BCUT2D eigenvalue weighted by Gasteiger charge is 2.29. The van der Waals surface area contributed by atoms with Crippen molar-refractivity contribution in [2.45, 2.75) is 173 Å². The first kappa shape index (κ1) is 35.9. The average Bonchev–Trinajstić information content (AvgIpc) is 3.00. The summed E-state index contributed by atoms with van der Waals surface area (Å²) in [6.45, 7) is -0.0157. The number of carboxylic acid groups (broad SMARTS) is 2. The van der Waals surface area contributed by atoms with Gasteiger partial charge in [0.05, 0.1) is 24.4 Å². The molecule has 0 aliphatic heterocycles. The molecule has 0 saturated heterocycles. The first-order valence-electron chi connectivity index (χ1n) is 18.5. The van der Waals surface area contributed by atoms with E-state index < -0.39 is 11.9 Å². The molecule has 0 radical (unpaired) electrons. The van der Waals surface area contributed by atoms with E-state index in [0.29, 0.717) is 23.0 Å². The van der Waals surface area contributed by atoms with E-state index in [2.05, 4.69) is 0 Å². The Morgan fingerprint density at radius 1 is 0.488 bits per heavy atom.